The Balaban J connectivity index is 2.14. The van der Waals surface area contributed by atoms with Gasteiger partial charge in [-0.1, -0.05) is 63.9 Å². The minimum atomic E-state index is -0.0349. The van der Waals surface area contributed by atoms with Crippen LogP contribution in [0.15, 0.2) is 30.3 Å². The predicted octanol–water partition coefficient (Wildman–Crippen LogP) is 3.41. The molecule has 3 N–H and O–H groups in total. The van der Waals surface area contributed by atoms with Gasteiger partial charge in [-0.15, -0.1) is 0 Å². The molecule has 0 aromatic heterocycles. The molecule has 2 rings (SSSR count). The average molecular weight is 288 g/mol. The van der Waals surface area contributed by atoms with Crippen LogP contribution in [0.5, 0.6) is 0 Å². The van der Waals surface area contributed by atoms with Gasteiger partial charge in [-0.05, 0) is 23.8 Å². The Morgan fingerprint density at radius 1 is 1.19 bits per heavy atom. The SMILES string of the molecule is CC(C)(C)C(NC(=O)C1CCCCC1N)c1ccccc1. The number of hydrogen-bond donors (Lipinski definition) is 2. The van der Waals surface area contributed by atoms with Crippen molar-refractivity contribution in [1.29, 1.82) is 0 Å². The second kappa shape index (κ2) is 6.61. The van der Waals surface area contributed by atoms with Gasteiger partial charge in [-0.2, -0.15) is 0 Å². The zero-order valence-electron chi connectivity index (χ0n) is 13.4. The Labute approximate surface area is 128 Å². The van der Waals surface area contributed by atoms with Crippen LogP contribution < -0.4 is 11.1 Å². The Bertz CT molecular complexity index is 464. The maximum Gasteiger partial charge on any atom is 0.225 e. The molecule has 0 heterocycles. The number of rotatable bonds is 3. The normalized spacial score (nSPS) is 24.4. The summed E-state index contributed by atoms with van der Waals surface area (Å²) in [6.45, 7) is 6.48. The Morgan fingerprint density at radius 2 is 1.81 bits per heavy atom. The van der Waals surface area contributed by atoms with Crippen LogP contribution in [0.25, 0.3) is 0 Å². The van der Waals surface area contributed by atoms with E-state index in [0.717, 1.165) is 31.2 Å². The number of nitrogens with one attached hydrogen (secondary N) is 1. The van der Waals surface area contributed by atoms with E-state index < -0.39 is 0 Å². The van der Waals surface area contributed by atoms with Crippen LogP contribution in [0.4, 0.5) is 0 Å². The molecule has 1 aliphatic rings. The van der Waals surface area contributed by atoms with Gasteiger partial charge in [0.2, 0.25) is 5.91 Å². The molecule has 1 fully saturated rings. The molecule has 0 spiro atoms. The van der Waals surface area contributed by atoms with Crippen molar-refractivity contribution < 1.29 is 4.79 Å². The van der Waals surface area contributed by atoms with Crippen LogP contribution in [0.3, 0.4) is 0 Å². The van der Waals surface area contributed by atoms with Crippen molar-refractivity contribution in [3.63, 3.8) is 0 Å². The molecule has 0 radical (unpaired) electrons. The molecular formula is C18H28N2O. The van der Waals surface area contributed by atoms with E-state index in [-0.39, 0.29) is 29.3 Å². The van der Waals surface area contributed by atoms with Gasteiger partial charge < -0.3 is 11.1 Å². The van der Waals surface area contributed by atoms with Gasteiger partial charge in [0.15, 0.2) is 0 Å². The fourth-order valence-electron chi connectivity index (χ4n) is 3.18. The van der Waals surface area contributed by atoms with Gasteiger partial charge >= 0.3 is 0 Å². The summed E-state index contributed by atoms with van der Waals surface area (Å²) in [6, 6.07) is 10.2. The molecule has 1 saturated carbocycles. The van der Waals surface area contributed by atoms with E-state index in [1.165, 1.54) is 0 Å². The maximum absolute atomic E-state index is 12.6. The fraction of sp³-hybridized carbons (Fsp3) is 0.611. The lowest BCUT2D eigenvalue weighted by atomic mass is 9.80. The minimum absolute atomic E-state index is 0.00939. The molecular weight excluding hydrogens is 260 g/mol. The highest BCUT2D eigenvalue weighted by Crippen LogP contribution is 2.33. The summed E-state index contributed by atoms with van der Waals surface area (Å²) in [5.74, 6) is 0.0818. The summed E-state index contributed by atoms with van der Waals surface area (Å²) in [5, 5.41) is 3.25. The zero-order valence-corrected chi connectivity index (χ0v) is 13.4. The summed E-state index contributed by atoms with van der Waals surface area (Å²) in [6.07, 6.45) is 4.13. The Kier molecular flexibility index (Phi) is 5.04. The van der Waals surface area contributed by atoms with Gasteiger partial charge in [0.05, 0.1) is 12.0 Å². The standard InChI is InChI=1S/C18H28N2O/c1-18(2,3)16(13-9-5-4-6-10-13)20-17(21)14-11-7-8-12-15(14)19/h4-6,9-10,14-16H,7-8,11-12,19H2,1-3H3,(H,20,21). The van der Waals surface area contributed by atoms with Crippen LogP contribution in [-0.4, -0.2) is 11.9 Å². The summed E-state index contributed by atoms with van der Waals surface area (Å²) >= 11 is 0. The van der Waals surface area contributed by atoms with Crippen molar-refractivity contribution in [2.45, 2.75) is 58.5 Å². The van der Waals surface area contributed by atoms with Crippen molar-refractivity contribution >= 4 is 5.91 Å². The van der Waals surface area contributed by atoms with Gasteiger partial charge in [0.1, 0.15) is 0 Å². The lowest BCUT2D eigenvalue weighted by molar-refractivity contribution is -0.128. The van der Waals surface area contributed by atoms with E-state index in [1.807, 2.05) is 18.2 Å². The van der Waals surface area contributed by atoms with Gasteiger partial charge in [-0.3, -0.25) is 4.79 Å². The summed E-state index contributed by atoms with van der Waals surface area (Å²) < 4.78 is 0. The summed E-state index contributed by atoms with van der Waals surface area (Å²) in [7, 11) is 0. The summed E-state index contributed by atoms with van der Waals surface area (Å²) in [4.78, 5) is 12.6. The van der Waals surface area contributed by atoms with E-state index in [4.69, 9.17) is 5.73 Å². The van der Waals surface area contributed by atoms with E-state index in [2.05, 4.69) is 38.2 Å². The lowest BCUT2D eigenvalue weighted by Crippen LogP contribution is -2.46. The van der Waals surface area contributed by atoms with Crippen LogP contribution in [0, 0.1) is 11.3 Å². The molecule has 3 unspecified atom stereocenters. The fourth-order valence-corrected chi connectivity index (χ4v) is 3.18. The largest absolute Gasteiger partial charge is 0.348 e. The van der Waals surface area contributed by atoms with Gasteiger partial charge in [0, 0.05) is 6.04 Å². The van der Waals surface area contributed by atoms with Crippen molar-refractivity contribution in [1.82, 2.24) is 5.32 Å². The molecule has 0 aliphatic heterocycles. The first-order valence-electron chi connectivity index (χ1n) is 8.00. The number of nitrogens with two attached hydrogens (primary N) is 1. The molecule has 3 atom stereocenters. The van der Waals surface area contributed by atoms with Crippen molar-refractivity contribution in [2.75, 3.05) is 0 Å². The van der Waals surface area contributed by atoms with Crippen LogP contribution >= 0.6 is 0 Å². The second-order valence-electron chi connectivity index (χ2n) is 7.27. The van der Waals surface area contributed by atoms with Crippen molar-refractivity contribution in [2.24, 2.45) is 17.1 Å². The first kappa shape index (κ1) is 16.0. The topological polar surface area (TPSA) is 55.1 Å². The lowest BCUT2D eigenvalue weighted by Gasteiger charge is -2.35. The molecule has 21 heavy (non-hydrogen) atoms. The zero-order chi connectivity index (χ0) is 15.5. The van der Waals surface area contributed by atoms with Crippen molar-refractivity contribution in [3.8, 4) is 0 Å². The second-order valence-corrected chi connectivity index (χ2v) is 7.27. The molecule has 0 saturated heterocycles. The van der Waals surface area contributed by atoms with Crippen LogP contribution in [0.1, 0.15) is 58.1 Å². The first-order chi connectivity index (χ1) is 9.89. The third kappa shape index (κ3) is 4.07. The van der Waals surface area contributed by atoms with Crippen LogP contribution in [-0.2, 0) is 4.79 Å². The maximum atomic E-state index is 12.6. The number of carbonyl (C=O) groups excluding carboxylic acids is 1. The smallest absolute Gasteiger partial charge is 0.225 e. The third-order valence-corrected chi connectivity index (χ3v) is 4.44. The van der Waals surface area contributed by atoms with Crippen LogP contribution in [0.2, 0.25) is 0 Å². The molecule has 1 aromatic rings. The highest BCUT2D eigenvalue weighted by atomic mass is 16.2. The van der Waals surface area contributed by atoms with Crippen molar-refractivity contribution in [3.05, 3.63) is 35.9 Å². The highest BCUT2D eigenvalue weighted by Gasteiger charge is 2.33. The molecule has 3 heteroatoms. The van der Waals surface area contributed by atoms with E-state index >= 15 is 0 Å². The number of benzene rings is 1. The molecule has 1 amide bonds. The average Bonchev–Trinajstić information content (AvgIpc) is 2.44. The molecule has 3 nitrogen and oxygen atoms in total. The first-order valence-corrected chi connectivity index (χ1v) is 8.00. The molecule has 0 bridgehead atoms. The number of hydrogen-bond acceptors (Lipinski definition) is 2. The molecule has 1 aromatic carbocycles. The van der Waals surface area contributed by atoms with Gasteiger partial charge in [-0.25, -0.2) is 0 Å². The monoisotopic (exact) mass is 288 g/mol. The number of carbonyl (C=O) groups is 1. The Hall–Kier alpha value is -1.35. The van der Waals surface area contributed by atoms with E-state index in [1.54, 1.807) is 0 Å². The quantitative estimate of drug-likeness (QED) is 0.895. The van der Waals surface area contributed by atoms with E-state index in [0.29, 0.717) is 0 Å². The van der Waals surface area contributed by atoms with Gasteiger partial charge in [0.25, 0.3) is 0 Å². The minimum Gasteiger partial charge on any atom is -0.348 e. The highest BCUT2D eigenvalue weighted by molar-refractivity contribution is 5.80. The predicted molar refractivity (Wildman–Crippen MR) is 86.7 cm³/mol. The number of amides is 1. The van der Waals surface area contributed by atoms with E-state index in [9.17, 15) is 4.79 Å². The Morgan fingerprint density at radius 3 is 2.38 bits per heavy atom. The third-order valence-electron chi connectivity index (χ3n) is 4.44. The summed E-state index contributed by atoms with van der Waals surface area (Å²) in [5.41, 5.74) is 7.27. The molecule has 1 aliphatic carbocycles. The molecule has 116 valence electrons.